The molecule has 0 saturated heterocycles. The molecule has 66 valence electrons. The van der Waals surface area contributed by atoms with Gasteiger partial charge in [-0.2, -0.15) is 0 Å². The van der Waals surface area contributed by atoms with Crippen LogP contribution < -0.4 is 11.5 Å². The van der Waals surface area contributed by atoms with Crippen molar-refractivity contribution in [3.8, 4) is 5.75 Å². The SMILES string of the molecule is NCC(N)c1ccc(O)cc1Br. The summed E-state index contributed by atoms with van der Waals surface area (Å²) >= 11 is 3.29. The van der Waals surface area contributed by atoms with Gasteiger partial charge in [-0.1, -0.05) is 22.0 Å². The highest BCUT2D eigenvalue weighted by Crippen LogP contribution is 2.25. The zero-order chi connectivity index (χ0) is 9.14. The Bertz CT molecular complexity index is 278. The maximum Gasteiger partial charge on any atom is 0.116 e. The van der Waals surface area contributed by atoms with Crippen molar-refractivity contribution in [2.45, 2.75) is 6.04 Å². The summed E-state index contributed by atoms with van der Waals surface area (Å²) in [7, 11) is 0. The second-order valence-corrected chi connectivity index (χ2v) is 3.40. The van der Waals surface area contributed by atoms with Gasteiger partial charge in [0, 0.05) is 17.1 Å². The van der Waals surface area contributed by atoms with E-state index in [2.05, 4.69) is 15.9 Å². The molecule has 1 rings (SSSR count). The Morgan fingerprint density at radius 2 is 2.17 bits per heavy atom. The van der Waals surface area contributed by atoms with Gasteiger partial charge in [0.05, 0.1) is 0 Å². The van der Waals surface area contributed by atoms with Gasteiger partial charge >= 0.3 is 0 Å². The van der Waals surface area contributed by atoms with E-state index < -0.39 is 0 Å². The van der Waals surface area contributed by atoms with Crippen LogP contribution in [0.4, 0.5) is 0 Å². The van der Waals surface area contributed by atoms with Gasteiger partial charge in [-0.05, 0) is 17.7 Å². The van der Waals surface area contributed by atoms with Gasteiger partial charge in [0.1, 0.15) is 5.75 Å². The summed E-state index contributed by atoms with van der Waals surface area (Å²) < 4.78 is 0.792. The molecule has 0 heterocycles. The molecule has 1 unspecified atom stereocenters. The molecule has 5 N–H and O–H groups in total. The van der Waals surface area contributed by atoms with E-state index in [0.717, 1.165) is 10.0 Å². The molecule has 0 aliphatic carbocycles. The summed E-state index contributed by atoms with van der Waals surface area (Å²) in [6, 6.07) is 4.78. The average molecular weight is 231 g/mol. The van der Waals surface area contributed by atoms with Crippen LogP contribution in [0.25, 0.3) is 0 Å². The van der Waals surface area contributed by atoms with Crippen LogP contribution in [0.15, 0.2) is 22.7 Å². The molecule has 1 atom stereocenters. The third-order valence-corrected chi connectivity index (χ3v) is 2.32. The van der Waals surface area contributed by atoms with E-state index in [9.17, 15) is 0 Å². The van der Waals surface area contributed by atoms with Crippen molar-refractivity contribution in [1.29, 1.82) is 0 Å². The summed E-state index contributed by atoms with van der Waals surface area (Å²) in [4.78, 5) is 0. The molecule has 4 heteroatoms. The van der Waals surface area contributed by atoms with Crippen molar-refractivity contribution >= 4 is 15.9 Å². The lowest BCUT2D eigenvalue weighted by Crippen LogP contribution is -2.20. The number of rotatable bonds is 2. The van der Waals surface area contributed by atoms with Crippen LogP contribution in [-0.2, 0) is 0 Å². The minimum absolute atomic E-state index is 0.181. The van der Waals surface area contributed by atoms with Crippen LogP contribution in [-0.4, -0.2) is 11.7 Å². The molecule has 1 aromatic rings. The Hall–Kier alpha value is -0.580. The van der Waals surface area contributed by atoms with E-state index in [4.69, 9.17) is 16.6 Å². The molecule has 0 amide bonds. The van der Waals surface area contributed by atoms with Crippen molar-refractivity contribution < 1.29 is 5.11 Å². The highest BCUT2D eigenvalue weighted by Gasteiger charge is 2.07. The Labute approximate surface area is 79.5 Å². The number of hydrogen-bond acceptors (Lipinski definition) is 3. The molecule has 3 nitrogen and oxygen atoms in total. The summed E-state index contributed by atoms with van der Waals surface area (Å²) in [5, 5.41) is 9.09. The number of phenols is 1. The van der Waals surface area contributed by atoms with E-state index in [1.807, 2.05) is 0 Å². The van der Waals surface area contributed by atoms with Crippen molar-refractivity contribution in [3.63, 3.8) is 0 Å². The van der Waals surface area contributed by atoms with Crippen LogP contribution in [0.5, 0.6) is 5.75 Å². The average Bonchev–Trinajstić information content (AvgIpc) is 2.03. The molecule has 1 aromatic carbocycles. The number of aromatic hydroxyl groups is 1. The van der Waals surface area contributed by atoms with Crippen molar-refractivity contribution in [2.24, 2.45) is 11.5 Å². The molecule has 0 aromatic heterocycles. The van der Waals surface area contributed by atoms with Crippen molar-refractivity contribution in [2.75, 3.05) is 6.54 Å². The van der Waals surface area contributed by atoms with E-state index in [-0.39, 0.29) is 11.8 Å². The first-order valence-corrected chi connectivity index (χ1v) is 4.38. The molecule has 0 fully saturated rings. The molecular weight excluding hydrogens is 220 g/mol. The highest BCUT2D eigenvalue weighted by molar-refractivity contribution is 9.10. The number of benzene rings is 1. The van der Waals surface area contributed by atoms with E-state index in [1.54, 1.807) is 18.2 Å². The van der Waals surface area contributed by atoms with Gasteiger partial charge in [0.2, 0.25) is 0 Å². The van der Waals surface area contributed by atoms with Gasteiger partial charge in [-0.3, -0.25) is 0 Å². The maximum absolute atomic E-state index is 9.09. The minimum Gasteiger partial charge on any atom is -0.508 e. The van der Waals surface area contributed by atoms with Gasteiger partial charge in [0.15, 0.2) is 0 Å². The molecule has 0 saturated carbocycles. The first-order valence-electron chi connectivity index (χ1n) is 3.59. The summed E-state index contributed by atoms with van der Waals surface area (Å²) in [5.74, 6) is 0.217. The summed E-state index contributed by atoms with van der Waals surface area (Å²) in [6.07, 6.45) is 0. The standard InChI is InChI=1S/C8H11BrN2O/c9-7-3-5(12)1-2-6(7)8(11)4-10/h1-3,8,12H,4,10-11H2. The lowest BCUT2D eigenvalue weighted by Gasteiger charge is -2.10. The fourth-order valence-electron chi connectivity index (χ4n) is 0.944. The lowest BCUT2D eigenvalue weighted by atomic mass is 10.1. The van der Waals surface area contributed by atoms with E-state index in [0.29, 0.717) is 6.54 Å². The number of halogens is 1. The topological polar surface area (TPSA) is 72.3 Å². The van der Waals surface area contributed by atoms with Crippen LogP contribution in [0.2, 0.25) is 0 Å². The Morgan fingerprint density at radius 3 is 2.67 bits per heavy atom. The van der Waals surface area contributed by atoms with Gasteiger partial charge in [0.25, 0.3) is 0 Å². The number of nitrogens with two attached hydrogens (primary N) is 2. The largest absolute Gasteiger partial charge is 0.508 e. The number of hydrogen-bond donors (Lipinski definition) is 3. The fourth-order valence-corrected chi connectivity index (χ4v) is 1.60. The first kappa shape index (κ1) is 9.51. The predicted octanol–water partition coefficient (Wildman–Crippen LogP) is 1.11. The third kappa shape index (κ3) is 1.97. The second kappa shape index (κ2) is 3.89. The molecule has 0 radical (unpaired) electrons. The third-order valence-electron chi connectivity index (χ3n) is 1.64. The normalized spacial score (nSPS) is 12.9. The smallest absolute Gasteiger partial charge is 0.116 e. The van der Waals surface area contributed by atoms with Crippen LogP contribution in [0, 0.1) is 0 Å². The second-order valence-electron chi connectivity index (χ2n) is 2.55. The highest BCUT2D eigenvalue weighted by atomic mass is 79.9. The van der Waals surface area contributed by atoms with Gasteiger partial charge in [-0.15, -0.1) is 0 Å². The molecule has 0 aliphatic heterocycles. The van der Waals surface area contributed by atoms with Gasteiger partial charge in [-0.25, -0.2) is 0 Å². The summed E-state index contributed by atoms with van der Waals surface area (Å²) in [6.45, 7) is 0.392. The van der Waals surface area contributed by atoms with Crippen LogP contribution >= 0.6 is 15.9 Å². The molecule has 0 aliphatic rings. The Morgan fingerprint density at radius 1 is 1.50 bits per heavy atom. The number of phenolic OH excluding ortho intramolecular Hbond substituents is 1. The van der Waals surface area contributed by atoms with Crippen LogP contribution in [0.1, 0.15) is 11.6 Å². The molecular formula is C8H11BrN2O. The fraction of sp³-hybridized carbons (Fsp3) is 0.250. The first-order chi connectivity index (χ1) is 5.65. The maximum atomic E-state index is 9.09. The molecule has 0 bridgehead atoms. The lowest BCUT2D eigenvalue weighted by molar-refractivity contribution is 0.474. The molecule has 0 spiro atoms. The van der Waals surface area contributed by atoms with Gasteiger partial charge < -0.3 is 16.6 Å². The monoisotopic (exact) mass is 230 g/mol. The zero-order valence-electron chi connectivity index (χ0n) is 6.50. The minimum atomic E-state index is -0.181. The predicted molar refractivity (Wildman–Crippen MR) is 51.8 cm³/mol. The molecule has 12 heavy (non-hydrogen) atoms. The van der Waals surface area contributed by atoms with Crippen molar-refractivity contribution in [1.82, 2.24) is 0 Å². The van der Waals surface area contributed by atoms with E-state index in [1.165, 1.54) is 0 Å². The zero-order valence-corrected chi connectivity index (χ0v) is 8.08. The Kier molecular flexibility index (Phi) is 3.08. The summed E-state index contributed by atoms with van der Waals surface area (Å²) in [5.41, 5.74) is 12.0. The van der Waals surface area contributed by atoms with E-state index >= 15 is 0 Å². The van der Waals surface area contributed by atoms with Crippen molar-refractivity contribution in [3.05, 3.63) is 28.2 Å². The van der Waals surface area contributed by atoms with Crippen LogP contribution in [0.3, 0.4) is 0 Å². The Balaban J connectivity index is 3.01. The quantitative estimate of drug-likeness (QED) is 0.713.